The van der Waals surface area contributed by atoms with Gasteiger partial charge in [0.1, 0.15) is 5.82 Å². The van der Waals surface area contributed by atoms with Crippen LogP contribution in [0.25, 0.3) is 0 Å². The average molecular weight is 356 g/mol. The average Bonchev–Trinajstić information content (AvgIpc) is 2.86. The molecule has 108 valence electrons. The number of ether oxygens (including phenoxy) is 1. The van der Waals surface area contributed by atoms with E-state index in [4.69, 9.17) is 4.74 Å². The maximum Gasteiger partial charge on any atom is 0.202 e. The second-order valence-electron chi connectivity index (χ2n) is 4.60. The van der Waals surface area contributed by atoms with Gasteiger partial charge in [-0.1, -0.05) is 34.1 Å². The van der Waals surface area contributed by atoms with Crippen molar-refractivity contribution in [2.45, 2.75) is 25.8 Å². The van der Waals surface area contributed by atoms with Crippen molar-refractivity contribution in [3.05, 3.63) is 40.1 Å². The summed E-state index contributed by atoms with van der Waals surface area (Å²) >= 11 is 4.98. The zero-order chi connectivity index (χ0) is 14.4. The van der Waals surface area contributed by atoms with E-state index in [2.05, 4.69) is 55.7 Å². The molecule has 1 unspecified atom stereocenters. The highest BCUT2D eigenvalue weighted by Crippen LogP contribution is 2.19. The SMILES string of the molecule is COCCc1nsc(NC(C)Cc2ccccc2Br)n1. The molecule has 0 amide bonds. The molecule has 4 nitrogen and oxygen atoms in total. The van der Waals surface area contributed by atoms with E-state index in [0.717, 1.165) is 28.3 Å². The molecule has 0 spiro atoms. The van der Waals surface area contributed by atoms with Crippen molar-refractivity contribution < 1.29 is 4.74 Å². The van der Waals surface area contributed by atoms with Gasteiger partial charge in [0.25, 0.3) is 0 Å². The maximum atomic E-state index is 5.03. The van der Waals surface area contributed by atoms with E-state index in [9.17, 15) is 0 Å². The molecule has 6 heteroatoms. The number of anilines is 1. The molecule has 1 heterocycles. The van der Waals surface area contributed by atoms with Crippen LogP contribution in [-0.2, 0) is 17.6 Å². The number of methoxy groups -OCH3 is 1. The van der Waals surface area contributed by atoms with Crippen LogP contribution in [0.2, 0.25) is 0 Å². The predicted octanol–water partition coefficient (Wildman–Crippen LogP) is 3.53. The molecule has 20 heavy (non-hydrogen) atoms. The standard InChI is InChI=1S/C14H18BrN3OS/c1-10(9-11-5-3-4-6-12(11)15)16-14-17-13(18-20-14)7-8-19-2/h3-6,10H,7-9H2,1-2H3,(H,16,17,18). The number of nitrogens with one attached hydrogen (secondary N) is 1. The van der Waals surface area contributed by atoms with E-state index in [1.54, 1.807) is 7.11 Å². The molecule has 1 aromatic carbocycles. The van der Waals surface area contributed by atoms with Gasteiger partial charge in [-0.3, -0.25) is 0 Å². The van der Waals surface area contributed by atoms with Gasteiger partial charge in [-0.05, 0) is 25.0 Å². The minimum atomic E-state index is 0.303. The quantitative estimate of drug-likeness (QED) is 0.825. The van der Waals surface area contributed by atoms with Gasteiger partial charge in [-0.15, -0.1) is 0 Å². The lowest BCUT2D eigenvalue weighted by molar-refractivity contribution is 0.201. The molecule has 0 saturated heterocycles. The van der Waals surface area contributed by atoms with Gasteiger partial charge in [-0.25, -0.2) is 4.98 Å². The molecule has 1 N–H and O–H groups in total. The lowest BCUT2D eigenvalue weighted by Crippen LogP contribution is -2.18. The number of hydrogen-bond donors (Lipinski definition) is 1. The Balaban J connectivity index is 1.89. The van der Waals surface area contributed by atoms with Crippen molar-refractivity contribution in [3.63, 3.8) is 0 Å². The van der Waals surface area contributed by atoms with Crippen molar-refractivity contribution in [3.8, 4) is 0 Å². The molecule has 0 fully saturated rings. The zero-order valence-electron chi connectivity index (χ0n) is 11.6. The molecule has 0 aliphatic rings. The summed E-state index contributed by atoms with van der Waals surface area (Å²) in [5.74, 6) is 0.840. The topological polar surface area (TPSA) is 47.0 Å². The van der Waals surface area contributed by atoms with E-state index in [-0.39, 0.29) is 0 Å². The van der Waals surface area contributed by atoms with E-state index >= 15 is 0 Å². The van der Waals surface area contributed by atoms with Crippen LogP contribution in [0.5, 0.6) is 0 Å². The smallest absolute Gasteiger partial charge is 0.202 e. The van der Waals surface area contributed by atoms with Crippen molar-refractivity contribution in [1.82, 2.24) is 9.36 Å². The van der Waals surface area contributed by atoms with Gasteiger partial charge in [0.15, 0.2) is 0 Å². The van der Waals surface area contributed by atoms with Crippen LogP contribution in [-0.4, -0.2) is 29.1 Å². The molecule has 1 atom stereocenters. The van der Waals surface area contributed by atoms with E-state index < -0.39 is 0 Å². The third kappa shape index (κ3) is 4.54. The van der Waals surface area contributed by atoms with Crippen LogP contribution < -0.4 is 5.32 Å². The molecule has 2 aromatic rings. The van der Waals surface area contributed by atoms with Gasteiger partial charge >= 0.3 is 0 Å². The molecule has 0 radical (unpaired) electrons. The Kier molecular flexibility index (Phi) is 5.94. The zero-order valence-corrected chi connectivity index (χ0v) is 14.0. The predicted molar refractivity (Wildman–Crippen MR) is 86.4 cm³/mol. The van der Waals surface area contributed by atoms with Crippen LogP contribution in [0.1, 0.15) is 18.3 Å². The summed E-state index contributed by atoms with van der Waals surface area (Å²) < 4.78 is 10.5. The van der Waals surface area contributed by atoms with Crippen LogP contribution in [0.3, 0.4) is 0 Å². The Labute approximate surface area is 131 Å². The molecular weight excluding hydrogens is 338 g/mol. The van der Waals surface area contributed by atoms with Gasteiger partial charge in [-0.2, -0.15) is 4.37 Å². The first-order valence-corrected chi connectivity index (χ1v) is 8.07. The molecule has 2 rings (SSSR count). The number of rotatable bonds is 7. The second kappa shape index (κ2) is 7.71. The fourth-order valence-corrected chi connectivity index (χ4v) is 3.03. The molecule has 0 aliphatic carbocycles. The van der Waals surface area contributed by atoms with Crippen molar-refractivity contribution in [1.29, 1.82) is 0 Å². The summed E-state index contributed by atoms with van der Waals surface area (Å²) in [6, 6.07) is 8.58. The normalized spacial score (nSPS) is 12.3. The Morgan fingerprint density at radius 3 is 2.95 bits per heavy atom. The highest BCUT2D eigenvalue weighted by molar-refractivity contribution is 9.10. The molecular formula is C14H18BrN3OS. The number of halogens is 1. The Morgan fingerprint density at radius 1 is 1.40 bits per heavy atom. The minimum absolute atomic E-state index is 0.303. The number of aromatic nitrogens is 2. The van der Waals surface area contributed by atoms with Crippen molar-refractivity contribution in [2.75, 3.05) is 19.0 Å². The fourth-order valence-electron chi connectivity index (χ4n) is 1.86. The molecule has 1 aromatic heterocycles. The largest absolute Gasteiger partial charge is 0.384 e. The Hall–Kier alpha value is -0.980. The summed E-state index contributed by atoms with van der Waals surface area (Å²) in [4.78, 5) is 4.46. The van der Waals surface area contributed by atoms with Crippen molar-refractivity contribution >= 4 is 32.6 Å². The van der Waals surface area contributed by atoms with Crippen molar-refractivity contribution in [2.24, 2.45) is 0 Å². The number of nitrogens with zero attached hydrogens (tertiary/aromatic N) is 2. The van der Waals surface area contributed by atoms with Crippen LogP contribution >= 0.6 is 27.5 Å². The Bertz CT molecular complexity index is 547. The van der Waals surface area contributed by atoms with Gasteiger partial charge in [0, 0.05) is 35.6 Å². The third-order valence-corrected chi connectivity index (χ3v) is 4.31. The van der Waals surface area contributed by atoms with Gasteiger partial charge in [0.05, 0.1) is 6.61 Å². The fraction of sp³-hybridized carbons (Fsp3) is 0.429. The Morgan fingerprint density at radius 2 is 2.20 bits per heavy atom. The van der Waals surface area contributed by atoms with Gasteiger partial charge < -0.3 is 10.1 Å². The van der Waals surface area contributed by atoms with E-state index in [1.165, 1.54) is 17.1 Å². The summed E-state index contributed by atoms with van der Waals surface area (Å²) in [6.45, 7) is 2.80. The minimum Gasteiger partial charge on any atom is -0.384 e. The second-order valence-corrected chi connectivity index (χ2v) is 6.21. The summed E-state index contributed by atoms with van der Waals surface area (Å²) in [6.07, 6.45) is 1.70. The van der Waals surface area contributed by atoms with Crippen LogP contribution in [0, 0.1) is 0 Å². The first kappa shape index (κ1) is 15.4. The highest BCUT2D eigenvalue weighted by Gasteiger charge is 2.09. The first-order chi connectivity index (χ1) is 9.69. The summed E-state index contributed by atoms with van der Waals surface area (Å²) in [7, 11) is 1.69. The molecule has 0 saturated carbocycles. The summed E-state index contributed by atoms with van der Waals surface area (Å²) in [5.41, 5.74) is 1.29. The summed E-state index contributed by atoms with van der Waals surface area (Å²) in [5, 5.41) is 4.27. The maximum absolute atomic E-state index is 5.03. The van der Waals surface area contributed by atoms with Crippen LogP contribution in [0.4, 0.5) is 5.13 Å². The first-order valence-electron chi connectivity index (χ1n) is 6.50. The number of benzene rings is 1. The lowest BCUT2D eigenvalue weighted by atomic mass is 10.1. The van der Waals surface area contributed by atoms with Gasteiger partial charge in [0.2, 0.25) is 5.13 Å². The van der Waals surface area contributed by atoms with E-state index in [1.807, 2.05) is 6.07 Å². The lowest BCUT2D eigenvalue weighted by Gasteiger charge is -2.13. The van der Waals surface area contributed by atoms with E-state index in [0.29, 0.717) is 12.6 Å². The monoisotopic (exact) mass is 355 g/mol. The number of hydrogen-bond acceptors (Lipinski definition) is 5. The third-order valence-electron chi connectivity index (χ3n) is 2.85. The molecule has 0 aliphatic heterocycles. The highest BCUT2D eigenvalue weighted by atomic mass is 79.9. The van der Waals surface area contributed by atoms with Crippen LogP contribution in [0.15, 0.2) is 28.7 Å². The molecule has 0 bridgehead atoms.